The Morgan fingerprint density at radius 3 is 2.40 bits per heavy atom. The number of carbonyl (C=O) groups is 2. The summed E-state index contributed by atoms with van der Waals surface area (Å²) in [7, 11) is 0. The quantitative estimate of drug-likeness (QED) is 0.381. The fourth-order valence-electron chi connectivity index (χ4n) is 2.83. The lowest BCUT2D eigenvalue weighted by Gasteiger charge is -2.13. The average molecular weight is 475 g/mol. The molecule has 6 heteroatoms. The minimum atomic E-state index is -0.253. The number of nitrogens with one attached hydrogen (secondary N) is 2. The molecule has 0 spiro atoms. The molecule has 2 rings (SSSR count). The van der Waals surface area contributed by atoms with E-state index in [2.05, 4.69) is 33.5 Å². The van der Waals surface area contributed by atoms with Gasteiger partial charge in [-0.25, -0.2) is 0 Å². The van der Waals surface area contributed by atoms with E-state index in [4.69, 9.17) is 4.74 Å². The first-order chi connectivity index (χ1) is 14.4. The van der Waals surface area contributed by atoms with Crippen LogP contribution in [-0.2, 0) is 0 Å². The SMILES string of the molecule is CCCCCCOc1ccc(Br)cc1C(=O)Nc1ccc(C(=O)NC(C)CC)cc1. The van der Waals surface area contributed by atoms with Crippen LogP contribution in [0.3, 0.4) is 0 Å². The molecule has 1 unspecified atom stereocenters. The Morgan fingerprint density at radius 2 is 1.73 bits per heavy atom. The molecule has 162 valence electrons. The largest absolute Gasteiger partial charge is 0.493 e. The van der Waals surface area contributed by atoms with E-state index >= 15 is 0 Å². The lowest BCUT2D eigenvalue weighted by molar-refractivity contribution is 0.0938. The summed E-state index contributed by atoms with van der Waals surface area (Å²) in [5, 5.41) is 5.81. The molecule has 30 heavy (non-hydrogen) atoms. The van der Waals surface area contributed by atoms with Crippen LogP contribution >= 0.6 is 15.9 Å². The molecule has 0 heterocycles. The van der Waals surface area contributed by atoms with Crippen molar-refractivity contribution in [1.82, 2.24) is 5.32 Å². The molecular formula is C24H31BrN2O3. The van der Waals surface area contributed by atoms with Crippen LogP contribution in [0, 0.1) is 0 Å². The normalized spacial score (nSPS) is 11.6. The van der Waals surface area contributed by atoms with E-state index in [1.165, 1.54) is 12.8 Å². The van der Waals surface area contributed by atoms with Crippen LogP contribution in [0.1, 0.15) is 73.6 Å². The fraction of sp³-hybridized carbons (Fsp3) is 0.417. The van der Waals surface area contributed by atoms with Crippen molar-refractivity contribution in [3.8, 4) is 5.75 Å². The Morgan fingerprint density at radius 1 is 1.00 bits per heavy atom. The summed E-state index contributed by atoms with van der Waals surface area (Å²) in [6, 6.07) is 12.4. The van der Waals surface area contributed by atoms with Gasteiger partial charge in [0.1, 0.15) is 5.75 Å². The van der Waals surface area contributed by atoms with Crippen molar-refractivity contribution in [2.24, 2.45) is 0 Å². The number of rotatable bonds is 11. The van der Waals surface area contributed by atoms with Crippen molar-refractivity contribution in [3.63, 3.8) is 0 Å². The standard InChI is InChI=1S/C24H31BrN2O3/c1-4-6-7-8-15-30-22-14-11-19(25)16-21(22)24(29)27-20-12-9-18(10-13-20)23(28)26-17(3)5-2/h9-14,16-17H,4-8,15H2,1-3H3,(H,26,28)(H,27,29). The van der Waals surface area contributed by atoms with E-state index in [9.17, 15) is 9.59 Å². The van der Waals surface area contributed by atoms with Gasteiger partial charge in [-0.05, 0) is 62.2 Å². The molecule has 0 saturated carbocycles. The second kappa shape index (κ2) is 12.4. The maximum atomic E-state index is 12.8. The maximum Gasteiger partial charge on any atom is 0.259 e. The Hall–Kier alpha value is -2.34. The molecule has 2 amide bonds. The lowest BCUT2D eigenvalue weighted by Crippen LogP contribution is -2.31. The summed E-state index contributed by atoms with van der Waals surface area (Å²) in [6.07, 6.45) is 5.30. The zero-order chi connectivity index (χ0) is 21.9. The first-order valence-corrected chi connectivity index (χ1v) is 11.4. The number of benzene rings is 2. The maximum absolute atomic E-state index is 12.8. The Labute approximate surface area is 187 Å². The minimum absolute atomic E-state index is 0.118. The minimum Gasteiger partial charge on any atom is -0.493 e. The third-order valence-corrected chi connectivity index (χ3v) is 5.33. The third kappa shape index (κ3) is 7.48. The van der Waals surface area contributed by atoms with Gasteiger partial charge >= 0.3 is 0 Å². The van der Waals surface area contributed by atoms with Crippen LogP contribution in [0.4, 0.5) is 5.69 Å². The Bertz CT molecular complexity index is 837. The van der Waals surface area contributed by atoms with Crippen LogP contribution in [0.2, 0.25) is 0 Å². The molecule has 0 aliphatic carbocycles. The third-order valence-electron chi connectivity index (χ3n) is 4.84. The number of amides is 2. The van der Waals surface area contributed by atoms with E-state index in [-0.39, 0.29) is 17.9 Å². The number of unbranched alkanes of at least 4 members (excludes halogenated alkanes) is 3. The molecule has 2 aromatic rings. The summed E-state index contributed by atoms with van der Waals surface area (Å²) in [4.78, 5) is 25.0. The van der Waals surface area contributed by atoms with Gasteiger partial charge in [0.25, 0.3) is 11.8 Å². The molecule has 1 atom stereocenters. The monoisotopic (exact) mass is 474 g/mol. The van der Waals surface area contributed by atoms with Crippen LogP contribution in [0.25, 0.3) is 0 Å². The molecule has 0 aromatic heterocycles. The van der Waals surface area contributed by atoms with Crippen molar-refractivity contribution in [3.05, 3.63) is 58.1 Å². The molecule has 2 N–H and O–H groups in total. The number of hydrogen-bond acceptors (Lipinski definition) is 3. The molecule has 5 nitrogen and oxygen atoms in total. The van der Waals surface area contributed by atoms with Gasteiger partial charge in [0, 0.05) is 21.8 Å². The zero-order valence-corrected chi connectivity index (χ0v) is 19.6. The number of ether oxygens (including phenoxy) is 1. The summed E-state index contributed by atoms with van der Waals surface area (Å²) in [5.74, 6) is 0.196. The summed E-state index contributed by atoms with van der Waals surface area (Å²) in [6.45, 7) is 6.74. The van der Waals surface area contributed by atoms with Gasteiger partial charge in [0.05, 0.1) is 12.2 Å². The van der Waals surface area contributed by atoms with E-state index in [1.807, 2.05) is 19.9 Å². The van der Waals surface area contributed by atoms with Crippen molar-refractivity contribution >= 4 is 33.4 Å². The molecular weight excluding hydrogens is 444 g/mol. The van der Waals surface area contributed by atoms with Crippen LogP contribution in [0.5, 0.6) is 5.75 Å². The highest BCUT2D eigenvalue weighted by Crippen LogP contribution is 2.25. The van der Waals surface area contributed by atoms with Crippen LogP contribution in [0.15, 0.2) is 46.9 Å². The predicted octanol–water partition coefficient (Wildman–Crippen LogP) is 6.19. The number of anilines is 1. The summed E-state index contributed by atoms with van der Waals surface area (Å²) in [5.41, 5.74) is 1.65. The van der Waals surface area contributed by atoms with Crippen molar-refractivity contribution < 1.29 is 14.3 Å². The molecule has 0 aliphatic heterocycles. The van der Waals surface area contributed by atoms with Crippen LogP contribution < -0.4 is 15.4 Å². The van der Waals surface area contributed by atoms with Gasteiger partial charge in [0.2, 0.25) is 0 Å². The zero-order valence-electron chi connectivity index (χ0n) is 18.0. The van der Waals surface area contributed by atoms with E-state index in [0.29, 0.717) is 29.2 Å². The molecule has 0 bridgehead atoms. The molecule has 0 aliphatic rings. The lowest BCUT2D eigenvalue weighted by atomic mass is 10.1. The van der Waals surface area contributed by atoms with Gasteiger partial charge in [-0.3, -0.25) is 9.59 Å². The molecule has 0 fully saturated rings. The molecule has 0 radical (unpaired) electrons. The van der Waals surface area contributed by atoms with Gasteiger partial charge < -0.3 is 15.4 Å². The average Bonchev–Trinajstić information content (AvgIpc) is 2.74. The van der Waals surface area contributed by atoms with Crippen molar-refractivity contribution in [2.75, 3.05) is 11.9 Å². The van der Waals surface area contributed by atoms with E-state index in [0.717, 1.165) is 23.7 Å². The highest BCUT2D eigenvalue weighted by molar-refractivity contribution is 9.10. The highest BCUT2D eigenvalue weighted by Gasteiger charge is 2.15. The molecule has 0 saturated heterocycles. The second-order valence-corrected chi connectivity index (χ2v) is 8.28. The Kier molecular flexibility index (Phi) is 9.87. The van der Waals surface area contributed by atoms with Crippen molar-refractivity contribution in [1.29, 1.82) is 0 Å². The smallest absolute Gasteiger partial charge is 0.259 e. The summed E-state index contributed by atoms with van der Waals surface area (Å²) < 4.78 is 6.67. The van der Waals surface area contributed by atoms with E-state index in [1.54, 1.807) is 36.4 Å². The fourth-order valence-corrected chi connectivity index (χ4v) is 3.19. The van der Waals surface area contributed by atoms with Crippen molar-refractivity contribution in [2.45, 2.75) is 58.9 Å². The number of carbonyl (C=O) groups excluding carboxylic acids is 2. The van der Waals surface area contributed by atoms with Gasteiger partial charge in [0.15, 0.2) is 0 Å². The van der Waals surface area contributed by atoms with Gasteiger partial charge in [-0.2, -0.15) is 0 Å². The van der Waals surface area contributed by atoms with E-state index < -0.39 is 0 Å². The number of halogens is 1. The second-order valence-electron chi connectivity index (χ2n) is 7.36. The van der Waals surface area contributed by atoms with Crippen LogP contribution in [-0.4, -0.2) is 24.5 Å². The Balaban J connectivity index is 2.03. The highest BCUT2D eigenvalue weighted by atomic mass is 79.9. The van der Waals surface area contributed by atoms with Gasteiger partial charge in [-0.1, -0.05) is 49.0 Å². The van der Waals surface area contributed by atoms with Gasteiger partial charge in [-0.15, -0.1) is 0 Å². The first kappa shape index (κ1) is 23.9. The first-order valence-electron chi connectivity index (χ1n) is 10.6. The number of hydrogen-bond donors (Lipinski definition) is 2. The summed E-state index contributed by atoms with van der Waals surface area (Å²) >= 11 is 3.42. The predicted molar refractivity (Wildman–Crippen MR) is 125 cm³/mol. The topological polar surface area (TPSA) is 67.4 Å². The molecule has 2 aromatic carbocycles.